The van der Waals surface area contributed by atoms with Crippen molar-refractivity contribution in [1.29, 1.82) is 0 Å². The highest BCUT2D eigenvalue weighted by atomic mass is 32.2. The van der Waals surface area contributed by atoms with E-state index in [-0.39, 0.29) is 32.1 Å². The minimum Gasteiger partial charge on any atom is -0.481 e. The minimum atomic E-state index is -4.33. The average Bonchev–Trinajstić information content (AvgIpc) is 2.69. The van der Waals surface area contributed by atoms with E-state index in [0.29, 0.717) is 5.75 Å². The lowest BCUT2D eigenvalue weighted by Crippen LogP contribution is -2.53. The Morgan fingerprint density at radius 3 is 2.10 bits per heavy atom. The van der Waals surface area contributed by atoms with Gasteiger partial charge in [0.25, 0.3) is 5.91 Å². The molecule has 29 heavy (non-hydrogen) atoms. The Labute approximate surface area is 168 Å². The van der Waals surface area contributed by atoms with Crippen LogP contribution in [-0.4, -0.2) is 55.8 Å². The maximum atomic E-state index is 13.9. The second kappa shape index (κ2) is 8.46. The monoisotopic (exact) mass is 424 g/mol. The van der Waals surface area contributed by atoms with Crippen LogP contribution in [0.15, 0.2) is 47.4 Å². The first-order valence-corrected chi connectivity index (χ1v) is 10.6. The van der Waals surface area contributed by atoms with Gasteiger partial charge in [-0.15, -0.1) is 0 Å². The number of benzene rings is 2. The van der Waals surface area contributed by atoms with Gasteiger partial charge in [-0.3, -0.25) is 4.79 Å². The summed E-state index contributed by atoms with van der Waals surface area (Å²) in [6.07, 6.45) is -0.745. The van der Waals surface area contributed by atoms with E-state index in [0.717, 1.165) is 28.1 Å². The molecule has 2 aromatic carbocycles. The van der Waals surface area contributed by atoms with Crippen LogP contribution in [-0.2, 0) is 14.8 Å². The second-order valence-corrected chi connectivity index (χ2v) is 8.73. The Morgan fingerprint density at radius 2 is 1.55 bits per heavy atom. The van der Waals surface area contributed by atoms with Gasteiger partial charge < -0.3 is 9.64 Å². The number of hydrogen-bond acceptors (Lipinski definition) is 4. The van der Waals surface area contributed by atoms with Crippen molar-refractivity contribution < 1.29 is 26.7 Å². The summed E-state index contributed by atoms with van der Waals surface area (Å²) in [5.74, 6) is -1.99. The molecule has 0 N–H and O–H groups in total. The molecule has 1 unspecified atom stereocenters. The highest BCUT2D eigenvalue weighted by Gasteiger charge is 2.35. The van der Waals surface area contributed by atoms with Crippen LogP contribution in [0.1, 0.15) is 12.5 Å². The first kappa shape index (κ1) is 21.2. The van der Waals surface area contributed by atoms with Crippen molar-refractivity contribution in [2.24, 2.45) is 0 Å². The largest absolute Gasteiger partial charge is 0.481 e. The summed E-state index contributed by atoms with van der Waals surface area (Å²) in [5, 5.41) is 0. The lowest BCUT2D eigenvalue weighted by atomic mass is 10.2. The summed E-state index contributed by atoms with van der Waals surface area (Å²) < 4.78 is 59.7. The predicted molar refractivity (Wildman–Crippen MR) is 103 cm³/mol. The number of carbonyl (C=O) groups excluding carboxylic acids is 1. The molecule has 1 aliphatic rings. The molecule has 6 nitrogen and oxygen atoms in total. The molecule has 0 saturated carbocycles. The van der Waals surface area contributed by atoms with Gasteiger partial charge in [0.2, 0.25) is 10.0 Å². The number of piperazine rings is 1. The molecule has 0 radical (unpaired) electrons. The number of carbonyl (C=O) groups is 1. The molecule has 1 heterocycles. The van der Waals surface area contributed by atoms with Crippen LogP contribution < -0.4 is 4.74 Å². The third-order valence-corrected chi connectivity index (χ3v) is 6.70. The fraction of sp³-hybridized carbons (Fsp3) is 0.350. The minimum absolute atomic E-state index is 0.0564. The molecular weight excluding hydrogens is 402 g/mol. The van der Waals surface area contributed by atoms with Crippen molar-refractivity contribution in [2.45, 2.75) is 24.8 Å². The van der Waals surface area contributed by atoms with Crippen molar-refractivity contribution in [3.8, 4) is 5.75 Å². The highest BCUT2D eigenvalue weighted by molar-refractivity contribution is 7.89. The van der Waals surface area contributed by atoms with E-state index in [2.05, 4.69) is 0 Å². The van der Waals surface area contributed by atoms with Gasteiger partial charge in [-0.2, -0.15) is 4.31 Å². The number of nitrogens with zero attached hydrogens (tertiary/aromatic N) is 2. The SMILES string of the molecule is Cc1ccc(OC(C)C(=O)N2CCN(S(=O)(=O)c3c(F)cccc3F)CC2)cc1. The van der Waals surface area contributed by atoms with Gasteiger partial charge in [0.15, 0.2) is 11.0 Å². The predicted octanol–water partition coefficient (Wildman–Crippen LogP) is 2.57. The van der Waals surface area contributed by atoms with Crippen LogP contribution in [0.4, 0.5) is 8.78 Å². The first-order valence-electron chi connectivity index (χ1n) is 9.16. The van der Waals surface area contributed by atoms with Crippen molar-refractivity contribution >= 4 is 15.9 Å². The number of ether oxygens (including phenoxy) is 1. The van der Waals surface area contributed by atoms with Crippen LogP contribution in [0.5, 0.6) is 5.75 Å². The molecule has 1 aliphatic heterocycles. The number of rotatable bonds is 5. The summed E-state index contributed by atoms with van der Waals surface area (Å²) in [6, 6.07) is 10.2. The molecule has 0 bridgehead atoms. The van der Waals surface area contributed by atoms with Gasteiger partial charge in [0.1, 0.15) is 17.4 Å². The van der Waals surface area contributed by atoms with Gasteiger partial charge in [0.05, 0.1) is 0 Å². The summed E-state index contributed by atoms with van der Waals surface area (Å²) in [4.78, 5) is 13.1. The quantitative estimate of drug-likeness (QED) is 0.740. The summed E-state index contributed by atoms with van der Waals surface area (Å²) in [6.45, 7) is 3.67. The van der Waals surface area contributed by atoms with Crippen molar-refractivity contribution in [2.75, 3.05) is 26.2 Å². The summed E-state index contributed by atoms with van der Waals surface area (Å²) >= 11 is 0. The fourth-order valence-electron chi connectivity index (χ4n) is 3.14. The third-order valence-electron chi connectivity index (χ3n) is 4.75. The molecule has 1 amide bonds. The van der Waals surface area contributed by atoms with E-state index in [1.807, 2.05) is 19.1 Å². The van der Waals surface area contributed by atoms with E-state index in [9.17, 15) is 22.0 Å². The van der Waals surface area contributed by atoms with Gasteiger partial charge >= 0.3 is 0 Å². The van der Waals surface area contributed by atoms with Crippen molar-refractivity contribution in [1.82, 2.24) is 9.21 Å². The number of sulfonamides is 1. The Balaban J connectivity index is 1.63. The Hall–Kier alpha value is -2.52. The van der Waals surface area contributed by atoms with Gasteiger partial charge in [0, 0.05) is 26.2 Å². The lowest BCUT2D eigenvalue weighted by Gasteiger charge is -2.35. The first-order chi connectivity index (χ1) is 13.7. The molecule has 156 valence electrons. The molecule has 1 saturated heterocycles. The van der Waals surface area contributed by atoms with E-state index < -0.39 is 32.7 Å². The van der Waals surface area contributed by atoms with E-state index >= 15 is 0 Å². The van der Waals surface area contributed by atoms with E-state index in [4.69, 9.17) is 4.74 Å². The summed E-state index contributed by atoms with van der Waals surface area (Å²) in [7, 11) is -4.33. The standard InChI is InChI=1S/C20H22F2N2O4S/c1-14-6-8-16(9-7-14)28-15(2)20(25)23-10-12-24(13-11-23)29(26,27)19-17(21)4-3-5-18(19)22/h3-9,15H,10-13H2,1-2H3. The maximum Gasteiger partial charge on any atom is 0.263 e. The van der Waals surface area contributed by atoms with Crippen LogP contribution in [0.2, 0.25) is 0 Å². The number of aryl methyl sites for hydroxylation is 1. The molecule has 0 spiro atoms. The molecule has 1 fully saturated rings. The maximum absolute atomic E-state index is 13.9. The Bertz CT molecular complexity index is 968. The zero-order valence-corrected chi connectivity index (χ0v) is 17.0. The van der Waals surface area contributed by atoms with Crippen LogP contribution in [0.3, 0.4) is 0 Å². The number of amides is 1. The normalized spacial score (nSPS) is 16.5. The molecule has 2 aromatic rings. The van der Waals surface area contributed by atoms with Crippen molar-refractivity contribution in [3.05, 3.63) is 59.7 Å². The smallest absolute Gasteiger partial charge is 0.263 e. The van der Waals surface area contributed by atoms with E-state index in [1.54, 1.807) is 19.1 Å². The number of halogens is 2. The van der Waals surface area contributed by atoms with Crippen LogP contribution >= 0.6 is 0 Å². The summed E-state index contributed by atoms with van der Waals surface area (Å²) in [5.41, 5.74) is 1.07. The highest BCUT2D eigenvalue weighted by Crippen LogP contribution is 2.24. The van der Waals surface area contributed by atoms with Crippen LogP contribution in [0.25, 0.3) is 0 Å². The average molecular weight is 424 g/mol. The second-order valence-electron chi connectivity index (χ2n) is 6.85. The topological polar surface area (TPSA) is 66.9 Å². The molecule has 0 aliphatic carbocycles. The lowest BCUT2D eigenvalue weighted by molar-refractivity contribution is -0.139. The Kier molecular flexibility index (Phi) is 6.18. The fourth-order valence-corrected chi connectivity index (χ4v) is 4.67. The molecule has 1 atom stereocenters. The molecular formula is C20H22F2N2O4S. The van der Waals surface area contributed by atoms with Crippen LogP contribution in [0, 0.1) is 18.6 Å². The van der Waals surface area contributed by atoms with E-state index in [1.165, 1.54) is 4.90 Å². The van der Waals surface area contributed by atoms with Gasteiger partial charge in [-0.05, 0) is 38.1 Å². The zero-order valence-electron chi connectivity index (χ0n) is 16.1. The van der Waals surface area contributed by atoms with Gasteiger partial charge in [-0.25, -0.2) is 17.2 Å². The molecule has 0 aromatic heterocycles. The molecule has 3 rings (SSSR count). The van der Waals surface area contributed by atoms with Gasteiger partial charge in [-0.1, -0.05) is 23.8 Å². The third kappa shape index (κ3) is 4.56. The number of hydrogen-bond donors (Lipinski definition) is 0. The zero-order chi connectivity index (χ0) is 21.2. The Morgan fingerprint density at radius 1 is 1.00 bits per heavy atom. The van der Waals surface area contributed by atoms with Crippen molar-refractivity contribution in [3.63, 3.8) is 0 Å². The molecule has 9 heteroatoms.